The quantitative estimate of drug-likeness (QED) is 0.581. The zero-order valence-electron chi connectivity index (χ0n) is 10.8. The van der Waals surface area contributed by atoms with Gasteiger partial charge in [-0.25, -0.2) is 0 Å². The van der Waals surface area contributed by atoms with E-state index in [0.717, 1.165) is 16.3 Å². The highest BCUT2D eigenvalue weighted by Crippen LogP contribution is 2.26. The lowest BCUT2D eigenvalue weighted by molar-refractivity contribution is -0.121. The Morgan fingerprint density at radius 3 is 2.83 bits per heavy atom. The van der Waals surface area contributed by atoms with Crippen molar-refractivity contribution in [3.05, 3.63) is 24.3 Å². The van der Waals surface area contributed by atoms with Gasteiger partial charge >= 0.3 is 0 Å². The molecule has 0 aliphatic carbocycles. The minimum atomic E-state index is -0.143. The smallest absolute Gasteiger partial charge is 0.250 e. The van der Waals surface area contributed by atoms with Gasteiger partial charge in [-0.1, -0.05) is 19.1 Å². The summed E-state index contributed by atoms with van der Waals surface area (Å²) in [6, 6.07) is 7.75. The highest BCUT2D eigenvalue weighted by Gasteiger charge is 2.06. The average Bonchev–Trinajstić information content (AvgIpc) is 2.37. The molecule has 1 amide bonds. The number of rotatable bonds is 8. The Morgan fingerprint density at radius 1 is 1.33 bits per heavy atom. The van der Waals surface area contributed by atoms with Gasteiger partial charge in [-0.05, 0) is 17.9 Å². The van der Waals surface area contributed by atoms with Crippen LogP contribution in [-0.2, 0) is 14.3 Å². The van der Waals surface area contributed by atoms with Gasteiger partial charge in [0.1, 0.15) is 6.61 Å². The summed E-state index contributed by atoms with van der Waals surface area (Å²) in [7, 11) is 1.60. The fourth-order valence-corrected chi connectivity index (χ4v) is 2.11. The van der Waals surface area contributed by atoms with E-state index < -0.39 is 0 Å². The summed E-state index contributed by atoms with van der Waals surface area (Å²) in [6.45, 7) is 3.05. The highest BCUT2D eigenvalue weighted by molar-refractivity contribution is 7.99. The molecule has 0 saturated heterocycles. The summed E-state index contributed by atoms with van der Waals surface area (Å²) in [6.07, 6.45) is 0. The number of para-hydroxylation sites is 1. The van der Waals surface area contributed by atoms with E-state index in [2.05, 4.69) is 12.2 Å². The van der Waals surface area contributed by atoms with Crippen molar-refractivity contribution in [2.24, 2.45) is 0 Å². The molecule has 0 heterocycles. The number of carbonyl (C=O) groups is 1. The number of benzene rings is 1. The number of nitrogens with one attached hydrogen (secondary N) is 1. The molecule has 0 radical (unpaired) electrons. The molecular formula is C13H19NO3S. The number of hydrogen-bond donors (Lipinski definition) is 1. The third-order valence-electron chi connectivity index (χ3n) is 2.13. The molecular weight excluding hydrogens is 250 g/mol. The summed E-state index contributed by atoms with van der Waals surface area (Å²) in [4.78, 5) is 12.7. The molecule has 0 aromatic heterocycles. The third-order valence-corrected chi connectivity index (χ3v) is 3.08. The van der Waals surface area contributed by atoms with Gasteiger partial charge in [0.15, 0.2) is 0 Å². The van der Waals surface area contributed by atoms with Gasteiger partial charge in [0.05, 0.1) is 18.9 Å². The zero-order valence-corrected chi connectivity index (χ0v) is 11.6. The molecule has 1 rings (SSSR count). The van der Waals surface area contributed by atoms with Crippen LogP contribution in [0.25, 0.3) is 0 Å². The van der Waals surface area contributed by atoms with E-state index in [4.69, 9.17) is 9.47 Å². The van der Waals surface area contributed by atoms with Crippen LogP contribution in [0, 0.1) is 0 Å². The first-order valence-electron chi connectivity index (χ1n) is 5.86. The summed E-state index contributed by atoms with van der Waals surface area (Å²) in [5.41, 5.74) is 0.838. The number of anilines is 1. The number of hydrogen-bond acceptors (Lipinski definition) is 4. The Kier molecular flexibility index (Phi) is 7.48. The van der Waals surface area contributed by atoms with Gasteiger partial charge in [0.25, 0.3) is 0 Å². The maximum absolute atomic E-state index is 11.6. The second kappa shape index (κ2) is 8.97. The lowest BCUT2D eigenvalue weighted by Crippen LogP contribution is -2.19. The molecule has 0 saturated carbocycles. The van der Waals surface area contributed by atoms with E-state index in [0.29, 0.717) is 13.2 Å². The van der Waals surface area contributed by atoms with Crippen molar-refractivity contribution in [1.82, 2.24) is 0 Å². The molecule has 0 aliphatic heterocycles. The number of amides is 1. The number of thioether (sulfide) groups is 1. The number of carbonyl (C=O) groups excluding carboxylic acids is 1. The zero-order chi connectivity index (χ0) is 13.2. The molecule has 4 nitrogen and oxygen atoms in total. The maximum Gasteiger partial charge on any atom is 0.250 e. The number of ether oxygens (including phenoxy) is 2. The first-order chi connectivity index (χ1) is 8.77. The predicted molar refractivity (Wildman–Crippen MR) is 74.2 cm³/mol. The topological polar surface area (TPSA) is 47.6 Å². The van der Waals surface area contributed by atoms with Crippen LogP contribution in [0.15, 0.2) is 29.2 Å². The number of methoxy groups -OCH3 is 1. The summed E-state index contributed by atoms with van der Waals surface area (Å²) >= 11 is 1.70. The molecule has 100 valence electrons. The van der Waals surface area contributed by atoms with Crippen LogP contribution in [-0.4, -0.2) is 38.6 Å². The Morgan fingerprint density at radius 2 is 2.11 bits per heavy atom. The van der Waals surface area contributed by atoms with Gasteiger partial charge in [-0.2, -0.15) is 0 Å². The lowest BCUT2D eigenvalue weighted by atomic mass is 10.3. The Labute approximate surface area is 112 Å². The Hall–Kier alpha value is -1.04. The molecule has 1 N–H and O–H groups in total. The van der Waals surface area contributed by atoms with Gasteiger partial charge < -0.3 is 14.8 Å². The van der Waals surface area contributed by atoms with E-state index in [1.54, 1.807) is 18.9 Å². The van der Waals surface area contributed by atoms with Crippen LogP contribution in [0.4, 0.5) is 5.69 Å². The van der Waals surface area contributed by atoms with Crippen LogP contribution in [0.3, 0.4) is 0 Å². The van der Waals surface area contributed by atoms with Crippen LogP contribution in [0.1, 0.15) is 6.92 Å². The molecule has 1 aromatic carbocycles. The van der Waals surface area contributed by atoms with Gasteiger partial charge in [0, 0.05) is 12.0 Å². The van der Waals surface area contributed by atoms with E-state index in [9.17, 15) is 4.79 Å². The molecule has 0 spiro atoms. The van der Waals surface area contributed by atoms with Crippen LogP contribution >= 0.6 is 11.8 Å². The monoisotopic (exact) mass is 269 g/mol. The Bertz CT molecular complexity index is 371. The van der Waals surface area contributed by atoms with E-state index in [-0.39, 0.29) is 12.5 Å². The fraction of sp³-hybridized carbons (Fsp3) is 0.462. The van der Waals surface area contributed by atoms with Crippen molar-refractivity contribution in [1.29, 1.82) is 0 Å². The van der Waals surface area contributed by atoms with Gasteiger partial charge in [-0.15, -0.1) is 11.8 Å². The van der Waals surface area contributed by atoms with Crippen molar-refractivity contribution >= 4 is 23.4 Å². The minimum absolute atomic E-state index is 0.0501. The lowest BCUT2D eigenvalue weighted by Gasteiger charge is -2.10. The van der Waals surface area contributed by atoms with Crippen LogP contribution in [0.5, 0.6) is 0 Å². The third kappa shape index (κ3) is 5.53. The first kappa shape index (κ1) is 15.0. The molecule has 0 fully saturated rings. The molecule has 0 bridgehead atoms. The highest BCUT2D eigenvalue weighted by atomic mass is 32.2. The molecule has 1 aromatic rings. The van der Waals surface area contributed by atoms with Crippen molar-refractivity contribution < 1.29 is 14.3 Å². The predicted octanol–water partition coefficient (Wildman–Crippen LogP) is 2.40. The SMILES string of the molecule is CCSc1ccccc1NC(=O)COCCOC. The molecule has 5 heteroatoms. The molecule has 18 heavy (non-hydrogen) atoms. The second-order valence-corrected chi connectivity index (χ2v) is 4.83. The van der Waals surface area contributed by atoms with Crippen molar-refractivity contribution in [3.8, 4) is 0 Å². The first-order valence-corrected chi connectivity index (χ1v) is 6.84. The van der Waals surface area contributed by atoms with E-state index in [1.807, 2.05) is 24.3 Å². The fourth-order valence-electron chi connectivity index (χ4n) is 1.34. The molecule has 0 aliphatic rings. The summed E-state index contributed by atoms with van der Waals surface area (Å²) < 4.78 is 10.00. The van der Waals surface area contributed by atoms with Crippen molar-refractivity contribution in [2.75, 3.05) is 38.0 Å². The largest absolute Gasteiger partial charge is 0.382 e. The average molecular weight is 269 g/mol. The molecule has 0 atom stereocenters. The van der Waals surface area contributed by atoms with Crippen LogP contribution in [0.2, 0.25) is 0 Å². The van der Waals surface area contributed by atoms with Crippen LogP contribution < -0.4 is 5.32 Å². The maximum atomic E-state index is 11.6. The van der Waals surface area contributed by atoms with Crippen molar-refractivity contribution in [2.45, 2.75) is 11.8 Å². The Balaban J connectivity index is 2.43. The van der Waals surface area contributed by atoms with E-state index >= 15 is 0 Å². The van der Waals surface area contributed by atoms with Crippen molar-refractivity contribution in [3.63, 3.8) is 0 Å². The normalized spacial score (nSPS) is 10.3. The van der Waals surface area contributed by atoms with Gasteiger partial charge in [-0.3, -0.25) is 4.79 Å². The second-order valence-electron chi connectivity index (χ2n) is 3.52. The standard InChI is InChI=1S/C13H19NO3S/c1-3-18-12-7-5-4-6-11(12)14-13(15)10-17-9-8-16-2/h4-7H,3,8-10H2,1-2H3,(H,14,15). The summed E-state index contributed by atoms with van der Waals surface area (Å²) in [5, 5.41) is 2.85. The summed E-state index contributed by atoms with van der Waals surface area (Å²) in [5.74, 6) is 0.826. The molecule has 0 unspecified atom stereocenters. The minimum Gasteiger partial charge on any atom is -0.382 e. The van der Waals surface area contributed by atoms with E-state index in [1.165, 1.54) is 0 Å². The van der Waals surface area contributed by atoms with Gasteiger partial charge in [0.2, 0.25) is 5.91 Å².